The number of aliphatic hydroxyl groups excluding tert-OH is 1. The number of hydrogen-bond acceptors (Lipinski definition) is 6. The van der Waals surface area contributed by atoms with E-state index in [2.05, 4.69) is 5.32 Å². The number of carbonyl (C=O) groups excluding carboxylic acids is 3. The Bertz CT molecular complexity index is 1360. The van der Waals surface area contributed by atoms with Crippen LogP contribution < -0.4 is 19.7 Å². The molecule has 3 aromatic rings. The molecule has 2 amide bonds. The molecule has 1 atom stereocenters. The highest BCUT2D eigenvalue weighted by Crippen LogP contribution is 2.43. The van der Waals surface area contributed by atoms with Crippen molar-refractivity contribution in [3.63, 3.8) is 0 Å². The lowest BCUT2D eigenvalue weighted by molar-refractivity contribution is -0.132. The van der Waals surface area contributed by atoms with Gasteiger partial charge in [-0.05, 0) is 74.0 Å². The molecule has 190 valence electrons. The van der Waals surface area contributed by atoms with Gasteiger partial charge < -0.3 is 19.9 Å². The van der Waals surface area contributed by atoms with Crippen LogP contribution in [0.25, 0.3) is 5.76 Å². The third kappa shape index (κ3) is 5.33. The SMILES string of the molecule is COc1ccc(C2/C(=C(\O)c3ccc(OC(C)C)cc3)C(=O)C(=O)N2c2cccc(NC(C)=O)c2)cc1. The van der Waals surface area contributed by atoms with Crippen LogP contribution in [0.3, 0.4) is 0 Å². The van der Waals surface area contributed by atoms with Gasteiger partial charge in [0.25, 0.3) is 11.7 Å². The average molecular weight is 501 g/mol. The van der Waals surface area contributed by atoms with Gasteiger partial charge in [-0.1, -0.05) is 18.2 Å². The van der Waals surface area contributed by atoms with Crippen molar-refractivity contribution in [2.24, 2.45) is 0 Å². The van der Waals surface area contributed by atoms with E-state index in [1.165, 1.54) is 11.8 Å². The van der Waals surface area contributed by atoms with Crippen molar-refractivity contribution in [1.82, 2.24) is 0 Å². The van der Waals surface area contributed by atoms with Gasteiger partial charge in [-0.15, -0.1) is 0 Å². The molecule has 0 spiro atoms. The van der Waals surface area contributed by atoms with Gasteiger partial charge in [-0.3, -0.25) is 19.3 Å². The summed E-state index contributed by atoms with van der Waals surface area (Å²) in [5, 5.41) is 14.0. The molecule has 0 aromatic heterocycles. The van der Waals surface area contributed by atoms with Gasteiger partial charge in [0.2, 0.25) is 5.91 Å². The van der Waals surface area contributed by atoms with E-state index in [4.69, 9.17) is 9.47 Å². The highest BCUT2D eigenvalue weighted by molar-refractivity contribution is 6.51. The Morgan fingerprint density at radius 3 is 2.22 bits per heavy atom. The Labute approximate surface area is 215 Å². The van der Waals surface area contributed by atoms with Gasteiger partial charge >= 0.3 is 0 Å². The summed E-state index contributed by atoms with van der Waals surface area (Å²) < 4.78 is 10.9. The second-order valence-corrected chi connectivity index (χ2v) is 8.86. The topological polar surface area (TPSA) is 105 Å². The number of nitrogens with zero attached hydrogens (tertiary/aromatic N) is 1. The van der Waals surface area contributed by atoms with Crippen molar-refractivity contribution in [3.8, 4) is 11.5 Å². The zero-order valence-corrected chi connectivity index (χ0v) is 21.0. The van der Waals surface area contributed by atoms with Crippen molar-refractivity contribution in [2.45, 2.75) is 32.9 Å². The Morgan fingerprint density at radius 2 is 1.62 bits per heavy atom. The van der Waals surface area contributed by atoms with Gasteiger partial charge in [0, 0.05) is 23.9 Å². The number of methoxy groups -OCH3 is 1. The van der Waals surface area contributed by atoms with Crippen molar-refractivity contribution >= 4 is 34.7 Å². The van der Waals surface area contributed by atoms with E-state index in [0.29, 0.717) is 34.0 Å². The number of nitrogens with one attached hydrogen (secondary N) is 1. The fraction of sp³-hybridized carbons (Fsp3) is 0.207. The molecular weight excluding hydrogens is 472 g/mol. The van der Waals surface area contributed by atoms with Crippen LogP contribution in [0.1, 0.15) is 37.9 Å². The molecule has 0 aliphatic carbocycles. The molecule has 1 aliphatic rings. The second-order valence-electron chi connectivity index (χ2n) is 8.86. The summed E-state index contributed by atoms with van der Waals surface area (Å²) in [7, 11) is 1.54. The van der Waals surface area contributed by atoms with Crippen molar-refractivity contribution < 1.29 is 29.0 Å². The number of ketones is 1. The zero-order valence-electron chi connectivity index (χ0n) is 21.0. The minimum atomic E-state index is -0.912. The van der Waals surface area contributed by atoms with E-state index in [1.807, 2.05) is 13.8 Å². The average Bonchev–Trinajstić information content (AvgIpc) is 3.14. The maximum atomic E-state index is 13.4. The molecule has 37 heavy (non-hydrogen) atoms. The Kier molecular flexibility index (Phi) is 7.29. The van der Waals surface area contributed by atoms with Crippen LogP contribution in [-0.4, -0.2) is 35.9 Å². The Balaban J connectivity index is 1.85. The molecule has 2 N–H and O–H groups in total. The summed E-state index contributed by atoms with van der Waals surface area (Å²) in [6, 6.07) is 19.4. The summed E-state index contributed by atoms with van der Waals surface area (Å²) >= 11 is 0. The van der Waals surface area contributed by atoms with Gasteiger partial charge in [0.05, 0.1) is 24.8 Å². The van der Waals surface area contributed by atoms with E-state index in [-0.39, 0.29) is 23.3 Å². The zero-order chi connectivity index (χ0) is 26.7. The fourth-order valence-corrected chi connectivity index (χ4v) is 4.26. The fourth-order valence-electron chi connectivity index (χ4n) is 4.26. The number of aliphatic hydroxyl groups is 1. The molecule has 8 heteroatoms. The Hall–Kier alpha value is -4.59. The van der Waals surface area contributed by atoms with Crippen LogP contribution in [0, 0.1) is 0 Å². The molecule has 3 aromatic carbocycles. The first-order chi connectivity index (χ1) is 17.7. The first kappa shape index (κ1) is 25.5. The van der Waals surface area contributed by atoms with Gasteiger partial charge in [-0.25, -0.2) is 0 Å². The van der Waals surface area contributed by atoms with Crippen LogP contribution in [0.5, 0.6) is 11.5 Å². The first-order valence-corrected chi connectivity index (χ1v) is 11.8. The van der Waals surface area contributed by atoms with E-state index in [9.17, 15) is 19.5 Å². The number of amides is 2. The van der Waals surface area contributed by atoms with Crippen LogP contribution in [0.4, 0.5) is 11.4 Å². The third-order valence-electron chi connectivity index (χ3n) is 5.82. The number of carbonyl (C=O) groups is 3. The van der Waals surface area contributed by atoms with Crippen molar-refractivity contribution in [1.29, 1.82) is 0 Å². The quantitative estimate of drug-likeness (QED) is 0.267. The summed E-state index contributed by atoms with van der Waals surface area (Å²) in [4.78, 5) is 39.6. The van der Waals surface area contributed by atoms with Crippen LogP contribution >= 0.6 is 0 Å². The maximum Gasteiger partial charge on any atom is 0.300 e. The van der Waals surface area contributed by atoms with Crippen molar-refractivity contribution in [3.05, 3.63) is 89.5 Å². The summed E-state index contributed by atoms with van der Waals surface area (Å²) in [5.41, 5.74) is 1.80. The molecule has 1 saturated heterocycles. The molecule has 4 rings (SSSR count). The summed E-state index contributed by atoms with van der Waals surface area (Å²) in [6.45, 7) is 5.20. The number of hydrogen-bond donors (Lipinski definition) is 2. The lowest BCUT2D eigenvalue weighted by atomic mass is 9.95. The lowest BCUT2D eigenvalue weighted by Gasteiger charge is -2.26. The van der Waals surface area contributed by atoms with E-state index < -0.39 is 17.7 Å². The molecule has 8 nitrogen and oxygen atoms in total. The molecule has 1 heterocycles. The highest BCUT2D eigenvalue weighted by Gasteiger charge is 2.47. The number of rotatable bonds is 7. The Morgan fingerprint density at radius 1 is 0.973 bits per heavy atom. The van der Waals surface area contributed by atoms with Crippen LogP contribution in [-0.2, 0) is 14.4 Å². The molecule has 0 bridgehead atoms. The van der Waals surface area contributed by atoms with E-state index in [1.54, 1.807) is 79.9 Å². The van der Waals surface area contributed by atoms with Crippen LogP contribution in [0.15, 0.2) is 78.4 Å². The molecule has 1 aliphatic heterocycles. The normalized spacial score (nSPS) is 16.7. The number of ether oxygens (including phenoxy) is 2. The largest absolute Gasteiger partial charge is 0.507 e. The second kappa shape index (κ2) is 10.6. The predicted molar refractivity (Wildman–Crippen MR) is 141 cm³/mol. The lowest BCUT2D eigenvalue weighted by Crippen LogP contribution is -2.29. The maximum absolute atomic E-state index is 13.4. The number of Topliss-reactive ketones (excluding diaryl/α,β-unsaturated/α-hetero) is 1. The smallest absolute Gasteiger partial charge is 0.300 e. The van der Waals surface area contributed by atoms with E-state index >= 15 is 0 Å². The minimum absolute atomic E-state index is 0.0203. The number of benzene rings is 3. The highest BCUT2D eigenvalue weighted by atomic mass is 16.5. The van der Waals surface area contributed by atoms with Crippen molar-refractivity contribution in [2.75, 3.05) is 17.3 Å². The van der Waals surface area contributed by atoms with Gasteiger partial charge in [0.15, 0.2) is 0 Å². The minimum Gasteiger partial charge on any atom is -0.507 e. The van der Waals surface area contributed by atoms with Crippen LogP contribution in [0.2, 0.25) is 0 Å². The number of anilines is 2. The molecule has 0 saturated carbocycles. The van der Waals surface area contributed by atoms with E-state index in [0.717, 1.165) is 0 Å². The van der Waals surface area contributed by atoms with Gasteiger partial charge in [0.1, 0.15) is 17.3 Å². The molecule has 0 radical (unpaired) electrons. The standard InChI is InChI=1S/C29H28N2O6/c1-17(2)37-24-14-10-20(11-15-24)27(33)25-26(19-8-12-23(36-4)13-9-19)31(29(35)28(25)34)22-7-5-6-21(16-22)30-18(3)32/h5-17,26,33H,1-4H3,(H,30,32)/b27-25+. The monoisotopic (exact) mass is 500 g/mol. The molecular formula is C29H28N2O6. The summed E-state index contributed by atoms with van der Waals surface area (Å²) in [6.07, 6.45) is -0.0203. The summed E-state index contributed by atoms with van der Waals surface area (Å²) in [5.74, 6) is -0.943. The predicted octanol–water partition coefficient (Wildman–Crippen LogP) is 5.07. The third-order valence-corrected chi connectivity index (χ3v) is 5.82. The molecule has 1 unspecified atom stereocenters. The van der Waals surface area contributed by atoms with Gasteiger partial charge in [-0.2, -0.15) is 0 Å². The molecule has 1 fully saturated rings. The first-order valence-electron chi connectivity index (χ1n) is 11.8.